The van der Waals surface area contributed by atoms with Crippen LogP contribution in [-0.4, -0.2) is 14.9 Å². The molecule has 0 bridgehead atoms. The van der Waals surface area contributed by atoms with E-state index >= 15 is 0 Å². The molecule has 1 heterocycles. The zero-order valence-corrected chi connectivity index (χ0v) is 13.0. The Morgan fingerprint density at radius 3 is 2.35 bits per heavy atom. The third-order valence-electron chi connectivity index (χ3n) is 3.50. The second-order valence-corrected chi connectivity index (χ2v) is 6.14. The molecular weight excluding hydrogens is 248 g/mol. The van der Waals surface area contributed by atoms with Gasteiger partial charge >= 0.3 is 0 Å². The van der Waals surface area contributed by atoms with E-state index < -0.39 is 0 Å². The first-order valence-corrected chi connectivity index (χ1v) is 7.28. The first-order chi connectivity index (χ1) is 9.41. The van der Waals surface area contributed by atoms with E-state index in [2.05, 4.69) is 45.8 Å². The Bertz CT molecular complexity index is 597. The first-order valence-electron chi connectivity index (χ1n) is 7.28. The highest BCUT2D eigenvalue weighted by atomic mass is 16.3. The van der Waals surface area contributed by atoms with Crippen LogP contribution in [0.3, 0.4) is 0 Å². The smallest absolute Gasteiger partial charge is 0.234 e. The maximum absolute atomic E-state index is 10.2. The van der Waals surface area contributed by atoms with Crippen molar-refractivity contribution in [3.63, 3.8) is 0 Å². The van der Waals surface area contributed by atoms with E-state index in [0.717, 1.165) is 28.9 Å². The highest BCUT2D eigenvalue weighted by Gasteiger charge is 2.22. The molecule has 0 spiro atoms. The van der Waals surface area contributed by atoms with E-state index in [1.807, 2.05) is 22.9 Å². The zero-order chi connectivity index (χ0) is 14.9. The van der Waals surface area contributed by atoms with Gasteiger partial charge in [0.2, 0.25) is 5.88 Å². The number of hydrogen-bond acceptors (Lipinski definition) is 2. The van der Waals surface area contributed by atoms with Gasteiger partial charge in [-0.05, 0) is 36.8 Å². The number of aryl methyl sites for hydroxylation is 1. The van der Waals surface area contributed by atoms with Crippen LogP contribution >= 0.6 is 0 Å². The molecule has 108 valence electrons. The van der Waals surface area contributed by atoms with Crippen LogP contribution in [0.2, 0.25) is 0 Å². The second kappa shape index (κ2) is 5.70. The summed E-state index contributed by atoms with van der Waals surface area (Å²) in [5.74, 6) is 0.982. The second-order valence-electron chi connectivity index (χ2n) is 6.14. The summed E-state index contributed by atoms with van der Waals surface area (Å²) in [6.07, 6.45) is 0.852. The van der Waals surface area contributed by atoms with Crippen LogP contribution < -0.4 is 0 Å². The summed E-state index contributed by atoms with van der Waals surface area (Å²) in [5, 5.41) is 14.6. The third-order valence-corrected chi connectivity index (χ3v) is 3.50. The molecule has 2 rings (SSSR count). The summed E-state index contributed by atoms with van der Waals surface area (Å²) in [7, 11) is 0. The number of hydrogen-bond donors (Lipinski definition) is 1. The van der Waals surface area contributed by atoms with Crippen LogP contribution in [0.1, 0.15) is 50.4 Å². The van der Waals surface area contributed by atoms with Crippen molar-refractivity contribution in [1.29, 1.82) is 0 Å². The number of benzene rings is 1. The Morgan fingerprint density at radius 1 is 1.15 bits per heavy atom. The van der Waals surface area contributed by atoms with Gasteiger partial charge in [-0.25, -0.2) is 4.68 Å². The van der Waals surface area contributed by atoms with E-state index in [4.69, 9.17) is 0 Å². The molecule has 0 radical (unpaired) electrons. The highest BCUT2D eigenvalue weighted by molar-refractivity contribution is 5.45. The van der Waals surface area contributed by atoms with Crippen LogP contribution in [0.5, 0.6) is 5.88 Å². The normalized spacial score (nSPS) is 11.6. The molecule has 0 aliphatic carbocycles. The van der Waals surface area contributed by atoms with Gasteiger partial charge in [0.15, 0.2) is 0 Å². The van der Waals surface area contributed by atoms with Gasteiger partial charge in [-0.3, -0.25) is 0 Å². The van der Waals surface area contributed by atoms with E-state index in [0.29, 0.717) is 11.8 Å². The molecular formula is C17H24N2O. The molecule has 0 fully saturated rings. The Kier molecular flexibility index (Phi) is 4.17. The topological polar surface area (TPSA) is 38.0 Å². The summed E-state index contributed by atoms with van der Waals surface area (Å²) in [5.41, 5.74) is 4.30. The maximum Gasteiger partial charge on any atom is 0.234 e. The van der Waals surface area contributed by atoms with Gasteiger partial charge in [-0.15, -0.1) is 5.10 Å². The van der Waals surface area contributed by atoms with Gasteiger partial charge in [-0.1, -0.05) is 45.9 Å². The van der Waals surface area contributed by atoms with Crippen molar-refractivity contribution < 1.29 is 5.11 Å². The molecule has 3 heteroatoms. The van der Waals surface area contributed by atoms with Crippen LogP contribution in [-0.2, 0) is 6.42 Å². The fourth-order valence-electron chi connectivity index (χ4n) is 2.63. The summed E-state index contributed by atoms with van der Waals surface area (Å²) in [6.45, 7) is 10.7. The lowest BCUT2D eigenvalue weighted by atomic mass is 9.97. The Hall–Kier alpha value is -1.77. The lowest BCUT2D eigenvalue weighted by Crippen LogP contribution is -2.08. The number of para-hydroxylation sites is 1. The van der Waals surface area contributed by atoms with Crippen molar-refractivity contribution in [3.05, 3.63) is 41.1 Å². The minimum atomic E-state index is 0.172. The van der Waals surface area contributed by atoms with Gasteiger partial charge in [0.05, 0.1) is 11.4 Å². The lowest BCUT2D eigenvalue weighted by Gasteiger charge is -2.14. The largest absolute Gasteiger partial charge is 0.492 e. The number of rotatable bonds is 4. The summed E-state index contributed by atoms with van der Waals surface area (Å²) in [6, 6.07) is 8.15. The van der Waals surface area contributed by atoms with Crippen LogP contribution in [0, 0.1) is 12.8 Å². The van der Waals surface area contributed by atoms with Gasteiger partial charge in [0.25, 0.3) is 0 Å². The van der Waals surface area contributed by atoms with Crippen molar-refractivity contribution in [2.45, 2.75) is 47.0 Å². The summed E-state index contributed by atoms with van der Waals surface area (Å²) >= 11 is 0. The monoisotopic (exact) mass is 272 g/mol. The van der Waals surface area contributed by atoms with E-state index in [9.17, 15) is 5.11 Å². The average Bonchev–Trinajstić information content (AvgIpc) is 2.66. The molecule has 0 saturated heterocycles. The molecule has 2 aromatic rings. The van der Waals surface area contributed by atoms with E-state index in [1.54, 1.807) is 0 Å². The fourth-order valence-corrected chi connectivity index (χ4v) is 2.63. The molecule has 20 heavy (non-hydrogen) atoms. The molecule has 0 aliphatic rings. The van der Waals surface area contributed by atoms with E-state index in [-0.39, 0.29) is 5.88 Å². The average molecular weight is 272 g/mol. The van der Waals surface area contributed by atoms with Crippen LogP contribution in [0.4, 0.5) is 0 Å². The highest BCUT2D eigenvalue weighted by Crippen LogP contribution is 2.32. The predicted molar refractivity (Wildman–Crippen MR) is 82.6 cm³/mol. The van der Waals surface area contributed by atoms with Crippen LogP contribution in [0.15, 0.2) is 24.3 Å². The summed E-state index contributed by atoms with van der Waals surface area (Å²) in [4.78, 5) is 0. The third kappa shape index (κ3) is 2.72. The lowest BCUT2D eigenvalue weighted by molar-refractivity contribution is 0.438. The Balaban J connectivity index is 2.63. The van der Waals surface area contributed by atoms with E-state index in [1.165, 1.54) is 0 Å². The van der Waals surface area contributed by atoms with Crippen molar-refractivity contribution in [3.8, 4) is 11.6 Å². The zero-order valence-electron chi connectivity index (χ0n) is 13.0. The van der Waals surface area contributed by atoms with Crippen molar-refractivity contribution in [2.75, 3.05) is 0 Å². The van der Waals surface area contributed by atoms with Crippen molar-refractivity contribution in [2.24, 2.45) is 5.92 Å². The van der Waals surface area contributed by atoms with Gasteiger partial charge in [0, 0.05) is 5.56 Å². The molecule has 0 aliphatic heterocycles. The number of aromatic nitrogens is 2. The molecule has 1 aromatic carbocycles. The fraction of sp³-hybridized carbons (Fsp3) is 0.471. The molecule has 1 aromatic heterocycles. The Labute approximate surface area is 121 Å². The van der Waals surface area contributed by atoms with Crippen molar-refractivity contribution in [1.82, 2.24) is 9.78 Å². The molecule has 1 N–H and O–H groups in total. The minimum Gasteiger partial charge on any atom is -0.492 e. The minimum absolute atomic E-state index is 0.172. The standard InChI is InChI=1S/C17H24N2O/c1-11(2)10-14-16(12(3)4)19(18-17(14)20)15-9-7-6-8-13(15)5/h6-9,11-12H,10H2,1-5H3,(H,18,20). The molecule has 0 amide bonds. The van der Waals surface area contributed by atoms with Crippen molar-refractivity contribution >= 4 is 0 Å². The van der Waals surface area contributed by atoms with Gasteiger partial charge in [-0.2, -0.15) is 0 Å². The Morgan fingerprint density at radius 2 is 1.80 bits per heavy atom. The van der Waals surface area contributed by atoms with Gasteiger partial charge in [0.1, 0.15) is 0 Å². The quantitative estimate of drug-likeness (QED) is 0.905. The number of nitrogens with zero attached hydrogens (tertiary/aromatic N) is 2. The SMILES string of the molecule is Cc1ccccc1-n1nc(O)c(CC(C)C)c1C(C)C. The van der Waals surface area contributed by atoms with Gasteiger partial charge < -0.3 is 5.11 Å². The first kappa shape index (κ1) is 14.6. The molecule has 3 nitrogen and oxygen atoms in total. The molecule has 0 atom stereocenters. The van der Waals surface area contributed by atoms with Crippen LogP contribution in [0.25, 0.3) is 5.69 Å². The maximum atomic E-state index is 10.2. The molecule has 0 saturated carbocycles. The number of aromatic hydroxyl groups is 1. The molecule has 0 unspecified atom stereocenters. The summed E-state index contributed by atoms with van der Waals surface area (Å²) < 4.78 is 1.91. The predicted octanol–water partition coefficient (Wildman–Crippen LogP) is 4.21.